The van der Waals surface area contributed by atoms with Crippen molar-refractivity contribution >= 4 is 17.0 Å². The monoisotopic (exact) mass is 378 g/mol. The standard InChI is InChI=1S/C23H26N2O3/c1-17-7-2-4-9-20(17)27-16-6-11-22(26)25-14-12-18(13-15-25)23-24-19-8-3-5-10-21(19)28-23/h2-5,7-10,18H,6,11-16H2,1H3. The molecule has 1 aliphatic heterocycles. The Morgan fingerprint density at radius 2 is 1.89 bits per heavy atom. The number of rotatable bonds is 6. The van der Waals surface area contributed by atoms with Gasteiger partial charge in [-0.15, -0.1) is 0 Å². The van der Waals surface area contributed by atoms with Gasteiger partial charge in [-0.2, -0.15) is 0 Å². The SMILES string of the molecule is Cc1ccccc1OCCCC(=O)N1CCC(c2nc3ccccc3o2)CC1. The summed E-state index contributed by atoms with van der Waals surface area (Å²) < 4.78 is 11.7. The van der Waals surface area contributed by atoms with E-state index in [1.54, 1.807) is 0 Å². The molecule has 28 heavy (non-hydrogen) atoms. The molecule has 1 saturated heterocycles. The molecule has 1 aliphatic rings. The van der Waals surface area contributed by atoms with E-state index in [-0.39, 0.29) is 5.91 Å². The first-order valence-electron chi connectivity index (χ1n) is 10.0. The molecule has 0 bridgehead atoms. The third-order valence-corrected chi connectivity index (χ3v) is 5.39. The highest BCUT2D eigenvalue weighted by Crippen LogP contribution is 2.30. The predicted molar refractivity (Wildman–Crippen MR) is 108 cm³/mol. The first-order chi connectivity index (χ1) is 13.7. The Labute approximate surface area is 165 Å². The van der Waals surface area contributed by atoms with E-state index in [1.165, 1.54) is 0 Å². The lowest BCUT2D eigenvalue weighted by molar-refractivity contribution is -0.132. The Morgan fingerprint density at radius 1 is 1.14 bits per heavy atom. The summed E-state index contributed by atoms with van der Waals surface area (Å²) in [6.45, 7) is 4.12. The molecular weight excluding hydrogens is 352 g/mol. The number of hydrogen-bond donors (Lipinski definition) is 0. The molecule has 2 heterocycles. The number of oxazole rings is 1. The molecule has 5 nitrogen and oxygen atoms in total. The highest BCUT2D eigenvalue weighted by atomic mass is 16.5. The molecule has 3 aromatic rings. The van der Waals surface area contributed by atoms with Gasteiger partial charge in [0.05, 0.1) is 6.61 Å². The van der Waals surface area contributed by atoms with Crippen LogP contribution in [0.15, 0.2) is 52.9 Å². The van der Waals surface area contributed by atoms with E-state index in [0.29, 0.717) is 18.9 Å². The van der Waals surface area contributed by atoms with E-state index in [9.17, 15) is 4.79 Å². The number of aryl methyl sites for hydroxylation is 1. The average molecular weight is 378 g/mol. The lowest BCUT2D eigenvalue weighted by atomic mass is 9.96. The van der Waals surface area contributed by atoms with Gasteiger partial charge in [0.25, 0.3) is 0 Å². The van der Waals surface area contributed by atoms with Gasteiger partial charge < -0.3 is 14.1 Å². The normalized spacial score (nSPS) is 15.1. The van der Waals surface area contributed by atoms with Crippen molar-refractivity contribution in [2.24, 2.45) is 0 Å². The second-order valence-corrected chi connectivity index (χ2v) is 7.39. The third-order valence-electron chi connectivity index (χ3n) is 5.39. The molecule has 0 aliphatic carbocycles. The van der Waals surface area contributed by atoms with Crippen molar-refractivity contribution in [3.05, 3.63) is 60.0 Å². The highest BCUT2D eigenvalue weighted by Gasteiger charge is 2.26. The average Bonchev–Trinajstić information content (AvgIpc) is 3.17. The van der Waals surface area contributed by atoms with Crippen molar-refractivity contribution in [1.29, 1.82) is 0 Å². The molecule has 0 N–H and O–H groups in total. The predicted octanol–water partition coefficient (Wildman–Crippen LogP) is 4.70. The quantitative estimate of drug-likeness (QED) is 0.583. The van der Waals surface area contributed by atoms with Gasteiger partial charge in [-0.1, -0.05) is 30.3 Å². The Morgan fingerprint density at radius 3 is 2.68 bits per heavy atom. The van der Waals surface area contributed by atoms with Gasteiger partial charge in [-0.05, 0) is 49.9 Å². The summed E-state index contributed by atoms with van der Waals surface area (Å²) >= 11 is 0. The molecular formula is C23H26N2O3. The van der Waals surface area contributed by atoms with E-state index < -0.39 is 0 Å². The van der Waals surface area contributed by atoms with Crippen LogP contribution in [0.25, 0.3) is 11.1 Å². The Bertz CT molecular complexity index is 909. The third kappa shape index (κ3) is 4.19. The number of nitrogens with zero attached hydrogens (tertiary/aromatic N) is 2. The maximum absolute atomic E-state index is 12.5. The number of aromatic nitrogens is 1. The second kappa shape index (κ2) is 8.46. The molecule has 0 atom stereocenters. The number of likely N-dealkylation sites (tertiary alicyclic amines) is 1. The van der Waals surface area contributed by atoms with Crippen molar-refractivity contribution in [3.63, 3.8) is 0 Å². The van der Waals surface area contributed by atoms with Crippen LogP contribution in [0.2, 0.25) is 0 Å². The zero-order valence-corrected chi connectivity index (χ0v) is 16.3. The number of para-hydroxylation sites is 3. The molecule has 146 valence electrons. The smallest absolute Gasteiger partial charge is 0.222 e. The van der Waals surface area contributed by atoms with Crippen LogP contribution in [0.3, 0.4) is 0 Å². The molecule has 1 fully saturated rings. The fraction of sp³-hybridized carbons (Fsp3) is 0.391. The largest absolute Gasteiger partial charge is 0.493 e. The second-order valence-electron chi connectivity index (χ2n) is 7.39. The van der Waals surface area contributed by atoms with Crippen molar-refractivity contribution < 1.29 is 13.9 Å². The highest BCUT2D eigenvalue weighted by molar-refractivity contribution is 5.76. The number of amides is 1. The molecule has 0 spiro atoms. The number of hydrogen-bond acceptors (Lipinski definition) is 4. The molecule has 0 unspecified atom stereocenters. The van der Waals surface area contributed by atoms with Crippen LogP contribution in [0.5, 0.6) is 5.75 Å². The fourth-order valence-corrected chi connectivity index (χ4v) is 3.72. The van der Waals surface area contributed by atoms with Crippen LogP contribution < -0.4 is 4.74 Å². The van der Waals surface area contributed by atoms with E-state index in [2.05, 4.69) is 4.98 Å². The Balaban J connectivity index is 1.22. The molecule has 1 amide bonds. The van der Waals surface area contributed by atoms with Gasteiger partial charge in [0.15, 0.2) is 11.5 Å². The first-order valence-corrected chi connectivity index (χ1v) is 10.0. The van der Waals surface area contributed by atoms with Crippen LogP contribution in [0, 0.1) is 6.92 Å². The summed E-state index contributed by atoms with van der Waals surface area (Å²) in [5.41, 5.74) is 2.87. The van der Waals surface area contributed by atoms with E-state index in [1.807, 2.05) is 60.4 Å². The lowest BCUT2D eigenvalue weighted by Crippen LogP contribution is -2.38. The topological polar surface area (TPSA) is 55.6 Å². The van der Waals surface area contributed by atoms with Gasteiger partial charge in [-0.3, -0.25) is 4.79 Å². The zero-order chi connectivity index (χ0) is 19.3. The molecule has 0 radical (unpaired) electrons. The van der Waals surface area contributed by atoms with Crippen LogP contribution >= 0.6 is 0 Å². The van der Waals surface area contributed by atoms with Gasteiger partial charge in [0.1, 0.15) is 11.3 Å². The zero-order valence-electron chi connectivity index (χ0n) is 16.3. The minimum absolute atomic E-state index is 0.212. The van der Waals surface area contributed by atoms with Crippen molar-refractivity contribution in [3.8, 4) is 5.75 Å². The minimum atomic E-state index is 0.212. The first kappa shape index (κ1) is 18.5. The summed E-state index contributed by atoms with van der Waals surface area (Å²) in [7, 11) is 0. The fourth-order valence-electron chi connectivity index (χ4n) is 3.72. The van der Waals surface area contributed by atoms with Crippen molar-refractivity contribution in [2.75, 3.05) is 19.7 Å². The Hall–Kier alpha value is -2.82. The van der Waals surface area contributed by atoms with E-state index in [4.69, 9.17) is 9.15 Å². The van der Waals surface area contributed by atoms with Crippen molar-refractivity contribution in [1.82, 2.24) is 9.88 Å². The van der Waals surface area contributed by atoms with Gasteiger partial charge in [0.2, 0.25) is 5.91 Å². The van der Waals surface area contributed by atoms with Gasteiger partial charge >= 0.3 is 0 Å². The molecule has 4 rings (SSSR count). The van der Waals surface area contributed by atoms with Gasteiger partial charge in [-0.25, -0.2) is 4.98 Å². The summed E-state index contributed by atoms with van der Waals surface area (Å²) in [4.78, 5) is 19.1. The lowest BCUT2D eigenvalue weighted by Gasteiger charge is -2.30. The summed E-state index contributed by atoms with van der Waals surface area (Å²) in [5, 5.41) is 0. The number of fused-ring (bicyclic) bond motifs is 1. The van der Waals surface area contributed by atoms with Gasteiger partial charge in [0, 0.05) is 25.4 Å². The molecule has 0 saturated carbocycles. The maximum atomic E-state index is 12.5. The van der Waals surface area contributed by atoms with E-state index >= 15 is 0 Å². The van der Waals surface area contributed by atoms with Crippen LogP contribution in [0.4, 0.5) is 0 Å². The summed E-state index contributed by atoms with van der Waals surface area (Å²) in [6, 6.07) is 15.8. The Kier molecular flexibility index (Phi) is 5.60. The maximum Gasteiger partial charge on any atom is 0.222 e. The number of ether oxygens (including phenoxy) is 1. The van der Waals surface area contributed by atoms with Crippen LogP contribution in [-0.4, -0.2) is 35.5 Å². The minimum Gasteiger partial charge on any atom is -0.493 e. The number of carbonyl (C=O) groups excluding carboxylic acids is 1. The van der Waals surface area contributed by atoms with Crippen LogP contribution in [-0.2, 0) is 4.79 Å². The molecule has 2 aromatic carbocycles. The van der Waals surface area contributed by atoms with E-state index in [0.717, 1.165) is 60.7 Å². The number of carbonyl (C=O) groups is 1. The number of piperidine rings is 1. The molecule has 5 heteroatoms. The van der Waals surface area contributed by atoms with Crippen molar-refractivity contribution in [2.45, 2.75) is 38.5 Å². The summed E-state index contributed by atoms with van der Waals surface area (Å²) in [5.74, 6) is 2.21. The molecule has 1 aromatic heterocycles. The number of benzene rings is 2. The summed E-state index contributed by atoms with van der Waals surface area (Å²) in [6.07, 6.45) is 3.06. The van der Waals surface area contributed by atoms with Crippen LogP contribution in [0.1, 0.15) is 43.1 Å².